The number of likely N-dealkylation sites (tertiary alicyclic amines) is 2. The highest BCUT2D eigenvalue weighted by atomic mass is 19.4. The molecular weight excluding hydrogens is 417 g/mol. The van der Waals surface area contributed by atoms with E-state index in [-0.39, 0.29) is 17.6 Å². The van der Waals surface area contributed by atoms with Crippen LogP contribution in [0.1, 0.15) is 41.9 Å². The molecule has 0 aromatic heterocycles. The van der Waals surface area contributed by atoms with Crippen LogP contribution in [0.2, 0.25) is 0 Å². The number of nitrogens with zero attached hydrogens (tertiary/aromatic N) is 2. The third-order valence-electron chi connectivity index (χ3n) is 6.75. The molecule has 0 aliphatic carbocycles. The van der Waals surface area contributed by atoms with Crippen molar-refractivity contribution in [2.24, 2.45) is 5.92 Å². The SMILES string of the molecule is COc1cc(CN2CC(CN3CCCCC3)C(c3cccc(C(F)(F)F)c3)C2)ccc1O. The zero-order valence-corrected chi connectivity index (χ0v) is 18.4. The molecule has 2 saturated heterocycles. The van der Waals surface area contributed by atoms with Gasteiger partial charge in [0.1, 0.15) is 0 Å². The molecule has 0 amide bonds. The van der Waals surface area contributed by atoms with Gasteiger partial charge in [0.25, 0.3) is 0 Å². The maximum atomic E-state index is 13.3. The fourth-order valence-corrected chi connectivity index (χ4v) is 5.15. The molecule has 2 aromatic rings. The Hall–Kier alpha value is -2.25. The molecular formula is C25H31F3N2O2. The average molecular weight is 449 g/mol. The van der Waals surface area contributed by atoms with Gasteiger partial charge in [-0.3, -0.25) is 4.90 Å². The van der Waals surface area contributed by atoms with Gasteiger partial charge in [0.05, 0.1) is 12.7 Å². The first-order valence-corrected chi connectivity index (χ1v) is 11.3. The van der Waals surface area contributed by atoms with Crippen molar-refractivity contribution >= 4 is 0 Å². The molecule has 2 aromatic carbocycles. The van der Waals surface area contributed by atoms with Crippen molar-refractivity contribution in [3.05, 3.63) is 59.2 Å². The van der Waals surface area contributed by atoms with Gasteiger partial charge in [-0.15, -0.1) is 0 Å². The summed E-state index contributed by atoms with van der Waals surface area (Å²) >= 11 is 0. The summed E-state index contributed by atoms with van der Waals surface area (Å²) in [5.41, 5.74) is 1.21. The van der Waals surface area contributed by atoms with Gasteiger partial charge in [-0.2, -0.15) is 13.2 Å². The Morgan fingerprint density at radius 1 is 1.00 bits per heavy atom. The predicted molar refractivity (Wildman–Crippen MR) is 118 cm³/mol. The van der Waals surface area contributed by atoms with E-state index in [1.165, 1.54) is 38.5 Å². The lowest BCUT2D eigenvalue weighted by Crippen LogP contribution is -2.36. The molecule has 4 nitrogen and oxygen atoms in total. The fourth-order valence-electron chi connectivity index (χ4n) is 5.15. The number of piperidine rings is 1. The number of rotatable bonds is 6. The number of benzene rings is 2. The minimum atomic E-state index is -4.33. The fraction of sp³-hybridized carbons (Fsp3) is 0.520. The van der Waals surface area contributed by atoms with Crippen LogP contribution >= 0.6 is 0 Å². The lowest BCUT2D eigenvalue weighted by molar-refractivity contribution is -0.137. The molecule has 2 heterocycles. The summed E-state index contributed by atoms with van der Waals surface area (Å²) in [6, 6.07) is 11.2. The topological polar surface area (TPSA) is 35.9 Å². The van der Waals surface area contributed by atoms with Gasteiger partial charge in [-0.25, -0.2) is 0 Å². The molecule has 2 unspecified atom stereocenters. The first-order chi connectivity index (χ1) is 15.3. The number of ether oxygens (including phenoxy) is 1. The van der Waals surface area contributed by atoms with Crippen LogP contribution in [0.4, 0.5) is 13.2 Å². The summed E-state index contributed by atoms with van der Waals surface area (Å²) in [6.07, 6.45) is -0.692. The Morgan fingerprint density at radius 3 is 2.50 bits per heavy atom. The van der Waals surface area contributed by atoms with Gasteiger partial charge in [0.2, 0.25) is 0 Å². The zero-order chi connectivity index (χ0) is 22.7. The molecule has 1 N–H and O–H groups in total. The number of methoxy groups -OCH3 is 1. The van der Waals surface area contributed by atoms with Crippen molar-refractivity contribution in [2.45, 2.75) is 37.9 Å². The van der Waals surface area contributed by atoms with E-state index in [1.807, 2.05) is 18.2 Å². The van der Waals surface area contributed by atoms with E-state index in [0.717, 1.165) is 43.4 Å². The number of hydrogen-bond donors (Lipinski definition) is 1. The summed E-state index contributed by atoms with van der Waals surface area (Å²) in [6.45, 7) is 5.27. The summed E-state index contributed by atoms with van der Waals surface area (Å²) in [5.74, 6) is 0.859. The highest BCUT2D eigenvalue weighted by molar-refractivity contribution is 5.41. The number of hydrogen-bond acceptors (Lipinski definition) is 4. The number of alkyl halides is 3. The Bertz CT molecular complexity index is 912. The molecule has 0 radical (unpaired) electrons. The van der Waals surface area contributed by atoms with Crippen molar-refractivity contribution in [2.75, 3.05) is 39.8 Å². The van der Waals surface area contributed by atoms with E-state index in [9.17, 15) is 18.3 Å². The standard InChI is InChI=1S/C25H31F3N2O2/c1-32-24-12-18(8-9-23(24)31)14-30-16-20(15-29-10-3-2-4-11-29)22(17-30)19-6-5-7-21(13-19)25(26,27)28/h5-9,12-13,20,22,31H,2-4,10-11,14-17H2,1H3. The van der Waals surface area contributed by atoms with E-state index in [4.69, 9.17) is 4.74 Å². The number of aromatic hydroxyl groups is 1. The number of halogens is 3. The van der Waals surface area contributed by atoms with Crippen LogP contribution in [0.25, 0.3) is 0 Å². The van der Waals surface area contributed by atoms with Gasteiger partial charge in [0, 0.05) is 32.1 Å². The van der Waals surface area contributed by atoms with Crippen molar-refractivity contribution in [1.29, 1.82) is 0 Å². The minimum absolute atomic E-state index is 0.0539. The molecule has 0 saturated carbocycles. The minimum Gasteiger partial charge on any atom is -0.504 e. The van der Waals surface area contributed by atoms with E-state index in [1.54, 1.807) is 6.07 Å². The van der Waals surface area contributed by atoms with E-state index in [0.29, 0.717) is 18.8 Å². The molecule has 32 heavy (non-hydrogen) atoms. The largest absolute Gasteiger partial charge is 0.504 e. The van der Waals surface area contributed by atoms with Gasteiger partial charge < -0.3 is 14.7 Å². The monoisotopic (exact) mass is 448 g/mol. The summed E-state index contributed by atoms with van der Waals surface area (Å²) < 4.78 is 45.3. The normalized spacial score (nSPS) is 22.9. The second-order valence-electron chi connectivity index (χ2n) is 9.05. The van der Waals surface area contributed by atoms with Gasteiger partial charge >= 0.3 is 6.18 Å². The summed E-state index contributed by atoms with van der Waals surface area (Å²) in [7, 11) is 1.52. The average Bonchev–Trinajstić information content (AvgIpc) is 3.17. The highest BCUT2D eigenvalue weighted by Gasteiger charge is 2.37. The quantitative estimate of drug-likeness (QED) is 0.665. The maximum Gasteiger partial charge on any atom is 0.416 e. The van der Waals surface area contributed by atoms with Crippen molar-refractivity contribution in [3.63, 3.8) is 0 Å². The Balaban J connectivity index is 1.55. The van der Waals surface area contributed by atoms with Crippen LogP contribution in [0.15, 0.2) is 42.5 Å². The zero-order valence-electron chi connectivity index (χ0n) is 18.4. The van der Waals surface area contributed by atoms with Crippen LogP contribution in [-0.2, 0) is 12.7 Å². The molecule has 2 aliphatic rings. The Morgan fingerprint density at radius 2 is 1.78 bits per heavy atom. The molecule has 4 rings (SSSR count). The van der Waals surface area contributed by atoms with E-state index in [2.05, 4.69) is 9.80 Å². The second-order valence-corrected chi connectivity index (χ2v) is 9.05. The number of phenolic OH excluding ortho intramolecular Hbond substituents is 1. The van der Waals surface area contributed by atoms with Crippen molar-refractivity contribution in [3.8, 4) is 11.5 Å². The van der Waals surface area contributed by atoms with Gasteiger partial charge in [-0.05, 0) is 61.2 Å². The third kappa shape index (κ3) is 5.38. The van der Waals surface area contributed by atoms with Gasteiger partial charge in [-0.1, -0.05) is 30.7 Å². The Labute approximate surface area is 187 Å². The van der Waals surface area contributed by atoms with Crippen LogP contribution in [0, 0.1) is 5.92 Å². The Kier molecular flexibility index (Phi) is 6.96. The van der Waals surface area contributed by atoms with E-state index < -0.39 is 11.7 Å². The summed E-state index contributed by atoms with van der Waals surface area (Å²) in [4.78, 5) is 4.78. The van der Waals surface area contributed by atoms with Crippen LogP contribution in [0.3, 0.4) is 0 Å². The van der Waals surface area contributed by atoms with E-state index >= 15 is 0 Å². The lowest BCUT2D eigenvalue weighted by atomic mass is 9.87. The first-order valence-electron chi connectivity index (χ1n) is 11.3. The van der Waals surface area contributed by atoms with Crippen molar-refractivity contribution < 1.29 is 23.0 Å². The molecule has 7 heteroatoms. The van der Waals surface area contributed by atoms with Crippen LogP contribution in [-0.4, -0.2) is 54.7 Å². The molecule has 174 valence electrons. The maximum absolute atomic E-state index is 13.3. The molecule has 0 bridgehead atoms. The first kappa shape index (κ1) is 22.9. The molecule has 2 fully saturated rings. The highest BCUT2D eigenvalue weighted by Crippen LogP contribution is 2.38. The molecule has 0 spiro atoms. The predicted octanol–water partition coefficient (Wildman–Crippen LogP) is 5.12. The smallest absolute Gasteiger partial charge is 0.416 e. The van der Waals surface area contributed by atoms with Crippen LogP contribution < -0.4 is 4.74 Å². The van der Waals surface area contributed by atoms with Crippen molar-refractivity contribution in [1.82, 2.24) is 9.80 Å². The van der Waals surface area contributed by atoms with Crippen LogP contribution in [0.5, 0.6) is 11.5 Å². The number of phenols is 1. The molecule has 2 atom stereocenters. The van der Waals surface area contributed by atoms with Gasteiger partial charge in [0.15, 0.2) is 11.5 Å². The third-order valence-corrected chi connectivity index (χ3v) is 6.75. The molecule has 2 aliphatic heterocycles. The summed E-state index contributed by atoms with van der Waals surface area (Å²) in [5, 5.41) is 9.87. The second kappa shape index (κ2) is 9.71. The lowest BCUT2D eigenvalue weighted by Gasteiger charge is -2.31.